The summed E-state index contributed by atoms with van der Waals surface area (Å²) in [5.74, 6) is 0.627. The minimum absolute atomic E-state index is 0.0969. The van der Waals surface area contributed by atoms with Crippen LogP contribution < -0.4 is 10.0 Å². The Balaban J connectivity index is 2.18. The molecule has 1 aromatic carbocycles. The third-order valence-corrected chi connectivity index (χ3v) is 4.82. The van der Waals surface area contributed by atoms with E-state index >= 15 is 0 Å². The lowest BCUT2D eigenvalue weighted by molar-refractivity contribution is 0.270. The van der Waals surface area contributed by atoms with E-state index in [4.69, 9.17) is 0 Å². The number of hydrogen-bond acceptors (Lipinski definition) is 3. The molecular formula is C13H20N2O2S. The van der Waals surface area contributed by atoms with E-state index in [1.807, 2.05) is 13.0 Å². The highest BCUT2D eigenvalue weighted by atomic mass is 32.2. The first kappa shape index (κ1) is 13.4. The average molecular weight is 268 g/mol. The van der Waals surface area contributed by atoms with E-state index < -0.39 is 10.0 Å². The van der Waals surface area contributed by atoms with Gasteiger partial charge in [-0.1, -0.05) is 19.1 Å². The molecule has 0 amide bonds. The fourth-order valence-corrected chi connectivity index (χ4v) is 3.76. The molecule has 0 aromatic heterocycles. The van der Waals surface area contributed by atoms with Crippen LogP contribution in [0.5, 0.6) is 0 Å². The first-order valence-electron chi connectivity index (χ1n) is 6.38. The Hall–Kier alpha value is -1.07. The molecule has 100 valence electrons. The zero-order chi connectivity index (χ0) is 13.2. The topological polar surface area (TPSA) is 58.2 Å². The Labute approximate surface area is 109 Å². The predicted octanol–water partition coefficient (Wildman–Crippen LogP) is 2.20. The van der Waals surface area contributed by atoms with E-state index in [1.165, 1.54) is 0 Å². The highest BCUT2D eigenvalue weighted by molar-refractivity contribution is 7.89. The second-order valence-corrected chi connectivity index (χ2v) is 6.60. The van der Waals surface area contributed by atoms with Gasteiger partial charge in [-0.15, -0.1) is 0 Å². The third kappa shape index (κ3) is 2.84. The van der Waals surface area contributed by atoms with E-state index in [0.29, 0.717) is 23.0 Å². The predicted molar refractivity (Wildman–Crippen MR) is 73.1 cm³/mol. The van der Waals surface area contributed by atoms with Gasteiger partial charge in [0.2, 0.25) is 10.0 Å². The number of benzene rings is 1. The molecule has 1 aliphatic carbocycles. The third-order valence-electron chi connectivity index (χ3n) is 3.24. The summed E-state index contributed by atoms with van der Waals surface area (Å²) < 4.78 is 27.3. The molecular weight excluding hydrogens is 248 g/mol. The molecule has 0 unspecified atom stereocenters. The molecule has 5 heteroatoms. The number of para-hydroxylation sites is 1. The Morgan fingerprint density at radius 3 is 2.56 bits per heavy atom. The van der Waals surface area contributed by atoms with Crippen molar-refractivity contribution in [3.8, 4) is 0 Å². The summed E-state index contributed by atoms with van der Waals surface area (Å²) in [4.78, 5) is 0.339. The van der Waals surface area contributed by atoms with Crippen molar-refractivity contribution >= 4 is 15.7 Å². The molecule has 0 spiro atoms. The second kappa shape index (κ2) is 5.28. The normalized spacial score (nSPS) is 23.4. The van der Waals surface area contributed by atoms with E-state index in [-0.39, 0.29) is 6.04 Å². The quantitative estimate of drug-likeness (QED) is 0.860. The molecule has 0 bridgehead atoms. The van der Waals surface area contributed by atoms with Crippen molar-refractivity contribution in [3.05, 3.63) is 24.3 Å². The van der Waals surface area contributed by atoms with Crippen LogP contribution in [0.1, 0.15) is 26.7 Å². The lowest BCUT2D eigenvalue weighted by Gasteiger charge is -2.33. The van der Waals surface area contributed by atoms with Crippen LogP contribution in [0.4, 0.5) is 5.69 Å². The minimum Gasteiger partial charge on any atom is -0.384 e. The highest BCUT2D eigenvalue weighted by Crippen LogP contribution is 2.29. The van der Waals surface area contributed by atoms with Crippen LogP contribution in [0.3, 0.4) is 0 Å². The van der Waals surface area contributed by atoms with Gasteiger partial charge in [-0.3, -0.25) is 0 Å². The number of rotatable bonds is 5. The molecule has 0 radical (unpaired) electrons. The number of nitrogens with one attached hydrogen (secondary N) is 2. The van der Waals surface area contributed by atoms with Gasteiger partial charge in [0.25, 0.3) is 0 Å². The van der Waals surface area contributed by atoms with Crippen molar-refractivity contribution in [2.45, 2.75) is 37.6 Å². The van der Waals surface area contributed by atoms with Crippen molar-refractivity contribution < 1.29 is 8.42 Å². The maximum absolute atomic E-state index is 12.3. The fourth-order valence-electron chi connectivity index (χ4n) is 2.32. The highest BCUT2D eigenvalue weighted by Gasteiger charge is 2.30. The standard InChI is InChI=1S/C13H20N2O2S/c1-3-14-12-6-4-5-7-13(12)18(16,17)15-11-8-10(2)9-11/h4-7,10-11,14-15H,3,8-9H2,1-2H3. The summed E-state index contributed by atoms with van der Waals surface area (Å²) in [5.41, 5.74) is 0.667. The van der Waals surface area contributed by atoms with Crippen LogP contribution in [0.25, 0.3) is 0 Å². The number of sulfonamides is 1. The van der Waals surface area contributed by atoms with Gasteiger partial charge >= 0.3 is 0 Å². The molecule has 1 aromatic rings. The Morgan fingerprint density at radius 2 is 1.94 bits per heavy atom. The summed E-state index contributed by atoms with van der Waals surface area (Å²) in [5, 5.41) is 3.08. The summed E-state index contributed by atoms with van der Waals surface area (Å²) in [6.07, 6.45) is 1.87. The zero-order valence-corrected chi connectivity index (χ0v) is 11.6. The van der Waals surface area contributed by atoms with Gasteiger partial charge in [0, 0.05) is 12.6 Å². The lowest BCUT2D eigenvalue weighted by atomic mass is 9.83. The first-order chi connectivity index (χ1) is 8.53. The van der Waals surface area contributed by atoms with Crippen LogP contribution in [-0.4, -0.2) is 21.0 Å². The maximum Gasteiger partial charge on any atom is 0.242 e. The van der Waals surface area contributed by atoms with Gasteiger partial charge in [-0.05, 0) is 37.8 Å². The number of hydrogen-bond donors (Lipinski definition) is 2. The van der Waals surface area contributed by atoms with Crippen molar-refractivity contribution in [2.75, 3.05) is 11.9 Å². The molecule has 2 rings (SSSR count). The first-order valence-corrected chi connectivity index (χ1v) is 7.86. The molecule has 0 aliphatic heterocycles. The van der Waals surface area contributed by atoms with E-state index in [2.05, 4.69) is 17.0 Å². The van der Waals surface area contributed by atoms with E-state index in [9.17, 15) is 8.42 Å². The minimum atomic E-state index is -3.41. The molecule has 4 nitrogen and oxygen atoms in total. The molecule has 1 aliphatic rings. The molecule has 1 saturated carbocycles. The number of anilines is 1. The van der Waals surface area contributed by atoms with Gasteiger partial charge in [0.1, 0.15) is 4.90 Å². The van der Waals surface area contributed by atoms with Gasteiger partial charge in [-0.2, -0.15) is 0 Å². The summed E-state index contributed by atoms with van der Waals surface area (Å²) in [6, 6.07) is 7.12. The summed E-state index contributed by atoms with van der Waals surface area (Å²) in [6.45, 7) is 4.79. The van der Waals surface area contributed by atoms with Crippen LogP contribution in [0.2, 0.25) is 0 Å². The van der Waals surface area contributed by atoms with Crippen molar-refractivity contribution in [2.24, 2.45) is 5.92 Å². The lowest BCUT2D eigenvalue weighted by Crippen LogP contribution is -2.43. The second-order valence-electron chi connectivity index (χ2n) is 4.92. The Morgan fingerprint density at radius 1 is 1.28 bits per heavy atom. The molecule has 18 heavy (non-hydrogen) atoms. The molecule has 0 saturated heterocycles. The van der Waals surface area contributed by atoms with Crippen LogP contribution in [0.15, 0.2) is 29.2 Å². The van der Waals surface area contributed by atoms with Gasteiger partial charge in [0.05, 0.1) is 5.69 Å². The molecule has 0 heterocycles. The van der Waals surface area contributed by atoms with Gasteiger partial charge in [-0.25, -0.2) is 13.1 Å². The van der Waals surface area contributed by atoms with Gasteiger partial charge < -0.3 is 5.32 Å². The zero-order valence-electron chi connectivity index (χ0n) is 10.8. The van der Waals surface area contributed by atoms with Crippen LogP contribution in [0, 0.1) is 5.92 Å². The maximum atomic E-state index is 12.3. The smallest absolute Gasteiger partial charge is 0.242 e. The SMILES string of the molecule is CCNc1ccccc1S(=O)(=O)NC1CC(C)C1. The van der Waals surface area contributed by atoms with Crippen LogP contribution >= 0.6 is 0 Å². The van der Waals surface area contributed by atoms with E-state index in [0.717, 1.165) is 12.8 Å². The van der Waals surface area contributed by atoms with Crippen LogP contribution in [-0.2, 0) is 10.0 Å². The molecule has 1 fully saturated rings. The van der Waals surface area contributed by atoms with Gasteiger partial charge in [0.15, 0.2) is 0 Å². The van der Waals surface area contributed by atoms with Crippen molar-refractivity contribution in [1.29, 1.82) is 0 Å². The largest absolute Gasteiger partial charge is 0.384 e. The van der Waals surface area contributed by atoms with Crippen molar-refractivity contribution in [3.63, 3.8) is 0 Å². The summed E-state index contributed by atoms with van der Waals surface area (Å²) >= 11 is 0. The summed E-state index contributed by atoms with van der Waals surface area (Å²) in [7, 11) is -3.41. The van der Waals surface area contributed by atoms with Crippen molar-refractivity contribution in [1.82, 2.24) is 4.72 Å². The average Bonchev–Trinajstić information content (AvgIpc) is 2.28. The monoisotopic (exact) mass is 268 g/mol. The molecule has 2 N–H and O–H groups in total. The molecule has 0 atom stereocenters. The fraction of sp³-hybridized carbons (Fsp3) is 0.538. The Bertz CT molecular complexity index is 507. The Kier molecular flexibility index (Phi) is 3.92. The van der Waals surface area contributed by atoms with E-state index in [1.54, 1.807) is 18.2 Å².